The van der Waals surface area contributed by atoms with Crippen LogP contribution >= 0.6 is 0 Å². The van der Waals surface area contributed by atoms with E-state index in [1.807, 2.05) is 0 Å². The van der Waals surface area contributed by atoms with Crippen molar-refractivity contribution in [3.63, 3.8) is 0 Å². The lowest BCUT2D eigenvalue weighted by Gasteiger charge is -2.32. The molecule has 1 unspecified atom stereocenters. The number of rotatable bonds is 7. The highest BCUT2D eigenvalue weighted by Gasteiger charge is 2.22. The molecule has 0 spiro atoms. The van der Waals surface area contributed by atoms with Gasteiger partial charge in [0.25, 0.3) is 0 Å². The fourth-order valence-electron chi connectivity index (χ4n) is 2.56. The zero-order valence-electron chi connectivity index (χ0n) is 12.9. The zero-order chi connectivity index (χ0) is 15.1. The van der Waals surface area contributed by atoms with Crippen LogP contribution in [0.4, 0.5) is 11.9 Å². The van der Waals surface area contributed by atoms with E-state index in [1.165, 1.54) is 0 Å². The Bertz CT molecular complexity index is 441. The summed E-state index contributed by atoms with van der Waals surface area (Å²) in [6.45, 7) is 4.96. The van der Waals surface area contributed by atoms with E-state index in [9.17, 15) is 0 Å². The number of hydrogen-bond acceptors (Lipinski definition) is 7. The van der Waals surface area contributed by atoms with Crippen molar-refractivity contribution in [1.82, 2.24) is 15.0 Å². The van der Waals surface area contributed by atoms with Crippen LogP contribution in [0, 0.1) is 5.92 Å². The third kappa shape index (κ3) is 4.42. The Balaban J connectivity index is 2.13. The highest BCUT2D eigenvalue weighted by molar-refractivity contribution is 5.38. The molecule has 0 bridgehead atoms. The molecule has 1 aliphatic heterocycles. The molecule has 2 rings (SSSR count). The molecule has 21 heavy (non-hydrogen) atoms. The number of aliphatic hydroxyl groups excluding tert-OH is 1. The minimum absolute atomic E-state index is 0.238. The van der Waals surface area contributed by atoms with E-state index >= 15 is 0 Å². The standard InChI is InChI=1S/C14H25N5O2/c1-3-7-15-12-16-13(18-14(17-12)21-2)19-8-4-5-11(10-19)6-9-20/h11,20H,3-10H2,1-2H3,(H,15,16,17,18). The Hall–Kier alpha value is -1.63. The first-order valence-electron chi connectivity index (χ1n) is 7.66. The van der Waals surface area contributed by atoms with Crippen LogP contribution in [0.3, 0.4) is 0 Å². The lowest BCUT2D eigenvalue weighted by Crippen LogP contribution is -2.37. The fourth-order valence-corrected chi connectivity index (χ4v) is 2.56. The number of aromatic nitrogens is 3. The average Bonchev–Trinajstić information content (AvgIpc) is 2.53. The SMILES string of the molecule is CCCNc1nc(OC)nc(N2CCCC(CCO)C2)n1. The second-order valence-electron chi connectivity index (χ2n) is 5.34. The summed E-state index contributed by atoms with van der Waals surface area (Å²) in [6.07, 6.45) is 4.09. The van der Waals surface area contributed by atoms with Gasteiger partial charge in [0.1, 0.15) is 0 Å². The predicted molar refractivity (Wildman–Crippen MR) is 81.8 cm³/mol. The maximum Gasteiger partial charge on any atom is 0.322 e. The molecule has 2 heterocycles. The molecule has 2 N–H and O–H groups in total. The Kier molecular flexibility index (Phi) is 5.98. The van der Waals surface area contributed by atoms with Crippen LogP contribution in [0.15, 0.2) is 0 Å². The van der Waals surface area contributed by atoms with E-state index in [-0.39, 0.29) is 6.61 Å². The Morgan fingerprint density at radius 1 is 1.38 bits per heavy atom. The molecule has 1 aliphatic rings. The second kappa shape index (κ2) is 7.97. The highest BCUT2D eigenvalue weighted by Crippen LogP contribution is 2.24. The first-order chi connectivity index (χ1) is 10.3. The van der Waals surface area contributed by atoms with Gasteiger partial charge in [-0.05, 0) is 31.6 Å². The van der Waals surface area contributed by atoms with E-state index < -0.39 is 0 Å². The maximum absolute atomic E-state index is 9.11. The molecule has 1 saturated heterocycles. The normalized spacial score (nSPS) is 18.6. The minimum atomic E-state index is 0.238. The van der Waals surface area contributed by atoms with E-state index in [4.69, 9.17) is 9.84 Å². The summed E-state index contributed by atoms with van der Waals surface area (Å²) >= 11 is 0. The maximum atomic E-state index is 9.11. The third-order valence-electron chi connectivity index (χ3n) is 3.66. The molecular formula is C14H25N5O2. The number of piperidine rings is 1. The Morgan fingerprint density at radius 3 is 2.95 bits per heavy atom. The van der Waals surface area contributed by atoms with E-state index in [1.54, 1.807) is 7.11 Å². The first kappa shape index (κ1) is 15.8. The van der Waals surface area contributed by atoms with Gasteiger partial charge < -0.3 is 20.1 Å². The molecule has 1 aromatic rings. The summed E-state index contributed by atoms with van der Waals surface area (Å²) in [4.78, 5) is 15.2. The van der Waals surface area contributed by atoms with Crippen LogP contribution in [-0.4, -0.2) is 53.4 Å². The van der Waals surface area contributed by atoms with E-state index in [2.05, 4.69) is 32.1 Å². The Morgan fingerprint density at radius 2 is 2.24 bits per heavy atom. The van der Waals surface area contributed by atoms with Gasteiger partial charge in [-0.25, -0.2) is 0 Å². The van der Waals surface area contributed by atoms with E-state index in [0.29, 0.717) is 23.8 Å². The monoisotopic (exact) mass is 295 g/mol. The van der Waals surface area contributed by atoms with Gasteiger partial charge in [0, 0.05) is 26.2 Å². The molecule has 118 valence electrons. The van der Waals surface area contributed by atoms with Crippen molar-refractivity contribution < 1.29 is 9.84 Å². The van der Waals surface area contributed by atoms with Crippen molar-refractivity contribution in [2.24, 2.45) is 5.92 Å². The number of aliphatic hydroxyl groups is 1. The Labute approximate surface area is 125 Å². The van der Waals surface area contributed by atoms with Crippen LogP contribution in [-0.2, 0) is 0 Å². The first-order valence-corrected chi connectivity index (χ1v) is 7.66. The van der Waals surface area contributed by atoms with Crippen molar-refractivity contribution in [3.8, 4) is 6.01 Å². The summed E-state index contributed by atoms with van der Waals surface area (Å²) in [5.74, 6) is 1.71. The highest BCUT2D eigenvalue weighted by atomic mass is 16.5. The minimum Gasteiger partial charge on any atom is -0.467 e. The summed E-state index contributed by atoms with van der Waals surface area (Å²) in [5, 5.41) is 12.3. The lowest BCUT2D eigenvalue weighted by atomic mass is 9.95. The van der Waals surface area contributed by atoms with Gasteiger partial charge in [-0.1, -0.05) is 6.92 Å². The van der Waals surface area contributed by atoms with Crippen molar-refractivity contribution in [2.75, 3.05) is 43.6 Å². The summed E-state index contributed by atoms with van der Waals surface area (Å²) in [5.41, 5.74) is 0. The molecule has 7 nitrogen and oxygen atoms in total. The predicted octanol–water partition coefficient (Wildman–Crippen LogP) is 1.30. The topological polar surface area (TPSA) is 83.4 Å². The van der Waals surface area contributed by atoms with Crippen LogP contribution in [0.2, 0.25) is 0 Å². The van der Waals surface area contributed by atoms with Gasteiger partial charge in [0.05, 0.1) is 7.11 Å². The van der Waals surface area contributed by atoms with Crippen LogP contribution in [0.25, 0.3) is 0 Å². The smallest absolute Gasteiger partial charge is 0.322 e. The number of anilines is 2. The van der Waals surface area contributed by atoms with Gasteiger partial charge in [0.15, 0.2) is 0 Å². The average molecular weight is 295 g/mol. The lowest BCUT2D eigenvalue weighted by molar-refractivity contribution is 0.243. The summed E-state index contributed by atoms with van der Waals surface area (Å²) in [6, 6.07) is 0.336. The van der Waals surface area contributed by atoms with Crippen molar-refractivity contribution >= 4 is 11.9 Å². The van der Waals surface area contributed by atoms with Crippen molar-refractivity contribution in [2.45, 2.75) is 32.6 Å². The fraction of sp³-hybridized carbons (Fsp3) is 0.786. The van der Waals surface area contributed by atoms with Gasteiger partial charge >= 0.3 is 6.01 Å². The molecule has 0 aromatic carbocycles. The third-order valence-corrected chi connectivity index (χ3v) is 3.66. The van der Waals surface area contributed by atoms with Gasteiger partial charge in [-0.15, -0.1) is 0 Å². The molecular weight excluding hydrogens is 270 g/mol. The second-order valence-corrected chi connectivity index (χ2v) is 5.34. The molecule has 0 aliphatic carbocycles. The van der Waals surface area contributed by atoms with Gasteiger partial charge in [-0.2, -0.15) is 15.0 Å². The number of methoxy groups -OCH3 is 1. The van der Waals surface area contributed by atoms with Crippen LogP contribution < -0.4 is 15.0 Å². The largest absolute Gasteiger partial charge is 0.467 e. The molecule has 0 saturated carbocycles. The van der Waals surface area contributed by atoms with Gasteiger partial charge in [0.2, 0.25) is 11.9 Å². The quantitative estimate of drug-likeness (QED) is 0.784. The number of ether oxygens (including phenoxy) is 1. The number of hydrogen-bond donors (Lipinski definition) is 2. The molecule has 0 radical (unpaired) electrons. The van der Waals surface area contributed by atoms with E-state index in [0.717, 1.165) is 45.3 Å². The summed E-state index contributed by atoms with van der Waals surface area (Å²) in [7, 11) is 1.56. The van der Waals surface area contributed by atoms with Gasteiger partial charge in [-0.3, -0.25) is 0 Å². The summed E-state index contributed by atoms with van der Waals surface area (Å²) < 4.78 is 5.17. The van der Waals surface area contributed by atoms with Crippen molar-refractivity contribution in [3.05, 3.63) is 0 Å². The van der Waals surface area contributed by atoms with Crippen molar-refractivity contribution in [1.29, 1.82) is 0 Å². The molecule has 1 aromatic heterocycles. The molecule has 0 amide bonds. The number of nitrogens with one attached hydrogen (secondary N) is 1. The molecule has 7 heteroatoms. The zero-order valence-corrected chi connectivity index (χ0v) is 12.9. The molecule has 1 atom stereocenters. The number of nitrogens with zero attached hydrogens (tertiary/aromatic N) is 4. The van der Waals surface area contributed by atoms with Crippen LogP contribution in [0.1, 0.15) is 32.6 Å². The molecule has 1 fully saturated rings. The van der Waals surface area contributed by atoms with Crippen LogP contribution in [0.5, 0.6) is 6.01 Å².